The van der Waals surface area contributed by atoms with Gasteiger partial charge in [0.25, 0.3) is 5.91 Å². The molecule has 5 nitrogen and oxygen atoms in total. The van der Waals surface area contributed by atoms with E-state index in [2.05, 4.69) is 15.6 Å². The molecule has 0 bridgehead atoms. The molecule has 2 N–H and O–H groups in total. The van der Waals surface area contributed by atoms with Crippen molar-refractivity contribution in [1.82, 2.24) is 20.0 Å². The van der Waals surface area contributed by atoms with E-state index in [1.54, 1.807) is 6.20 Å². The van der Waals surface area contributed by atoms with Gasteiger partial charge in [-0.05, 0) is 12.1 Å². The van der Waals surface area contributed by atoms with Gasteiger partial charge < -0.3 is 15.0 Å². The molecule has 0 spiro atoms. The first-order valence-electron chi connectivity index (χ1n) is 5.75. The molecule has 0 saturated carbocycles. The summed E-state index contributed by atoms with van der Waals surface area (Å²) in [6.07, 6.45) is 3.64. The third kappa shape index (κ3) is 2.47. The Kier molecular flexibility index (Phi) is 3.84. The standard InChI is InChI=1S/C12H14N4O.ClH/c17-12(14-7-9-5-13-6-9)10-8-16-4-2-1-3-11(16)15-10;/h1-4,8-9,13H,5-7H2,(H,14,17);1H. The molecule has 96 valence electrons. The molecule has 0 atom stereocenters. The Hall–Kier alpha value is -1.59. The molecule has 2 aromatic rings. The van der Waals surface area contributed by atoms with Crippen molar-refractivity contribution in [2.45, 2.75) is 0 Å². The molecule has 1 aliphatic heterocycles. The molecule has 2 aromatic heterocycles. The number of fused-ring (bicyclic) bond motifs is 1. The van der Waals surface area contributed by atoms with Gasteiger partial charge in [-0.1, -0.05) is 6.07 Å². The molecule has 0 aromatic carbocycles. The first-order valence-corrected chi connectivity index (χ1v) is 5.75. The highest BCUT2D eigenvalue weighted by molar-refractivity contribution is 5.92. The van der Waals surface area contributed by atoms with E-state index in [0.717, 1.165) is 25.3 Å². The Morgan fingerprint density at radius 3 is 3.00 bits per heavy atom. The Morgan fingerprint density at radius 1 is 1.50 bits per heavy atom. The summed E-state index contributed by atoms with van der Waals surface area (Å²) < 4.78 is 1.85. The van der Waals surface area contributed by atoms with Crippen molar-refractivity contribution in [2.75, 3.05) is 19.6 Å². The van der Waals surface area contributed by atoms with Crippen LogP contribution in [0, 0.1) is 5.92 Å². The van der Waals surface area contributed by atoms with Gasteiger partial charge in [-0.15, -0.1) is 12.4 Å². The first kappa shape index (κ1) is 12.9. The van der Waals surface area contributed by atoms with Crippen LogP contribution in [0.25, 0.3) is 5.65 Å². The molecule has 1 amide bonds. The molecule has 1 fully saturated rings. The summed E-state index contributed by atoms with van der Waals surface area (Å²) in [5, 5.41) is 6.08. The van der Waals surface area contributed by atoms with Gasteiger partial charge in [0, 0.05) is 37.9 Å². The zero-order chi connectivity index (χ0) is 11.7. The second-order valence-corrected chi connectivity index (χ2v) is 4.33. The van der Waals surface area contributed by atoms with Gasteiger partial charge in [0.2, 0.25) is 0 Å². The van der Waals surface area contributed by atoms with E-state index in [1.807, 2.05) is 28.8 Å². The lowest BCUT2D eigenvalue weighted by Gasteiger charge is -2.26. The minimum Gasteiger partial charge on any atom is -0.350 e. The smallest absolute Gasteiger partial charge is 0.271 e. The Labute approximate surface area is 111 Å². The number of halogens is 1. The van der Waals surface area contributed by atoms with Gasteiger partial charge >= 0.3 is 0 Å². The third-order valence-electron chi connectivity index (χ3n) is 3.01. The maximum Gasteiger partial charge on any atom is 0.271 e. The molecule has 1 aliphatic rings. The number of hydrogen-bond acceptors (Lipinski definition) is 3. The summed E-state index contributed by atoms with van der Waals surface area (Å²) in [7, 11) is 0. The minimum atomic E-state index is -0.0967. The lowest BCUT2D eigenvalue weighted by Crippen LogP contribution is -2.48. The van der Waals surface area contributed by atoms with E-state index in [9.17, 15) is 4.79 Å². The number of nitrogens with zero attached hydrogens (tertiary/aromatic N) is 2. The summed E-state index contributed by atoms with van der Waals surface area (Å²) in [6, 6.07) is 5.70. The molecular formula is C12H15ClN4O. The van der Waals surface area contributed by atoms with Crippen LogP contribution in [0.15, 0.2) is 30.6 Å². The topological polar surface area (TPSA) is 58.4 Å². The van der Waals surface area contributed by atoms with Crippen LogP contribution in [0.3, 0.4) is 0 Å². The van der Waals surface area contributed by atoms with E-state index in [-0.39, 0.29) is 18.3 Å². The first-order chi connectivity index (χ1) is 8.33. The molecule has 1 saturated heterocycles. The summed E-state index contributed by atoms with van der Waals surface area (Å²) in [6.45, 7) is 2.70. The molecule has 18 heavy (non-hydrogen) atoms. The highest BCUT2D eigenvalue weighted by atomic mass is 35.5. The Balaban J connectivity index is 0.00000120. The highest BCUT2D eigenvalue weighted by Gasteiger charge is 2.18. The van der Waals surface area contributed by atoms with Crippen LogP contribution in [-0.2, 0) is 0 Å². The molecule has 0 radical (unpaired) electrons. The quantitative estimate of drug-likeness (QED) is 0.860. The van der Waals surface area contributed by atoms with Crippen LogP contribution >= 0.6 is 12.4 Å². The fourth-order valence-electron chi connectivity index (χ4n) is 1.86. The van der Waals surface area contributed by atoms with Gasteiger partial charge in [0.1, 0.15) is 11.3 Å². The number of hydrogen-bond donors (Lipinski definition) is 2. The molecule has 3 rings (SSSR count). The van der Waals surface area contributed by atoms with Gasteiger partial charge in [0.15, 0.2) is 0 Å². The van der Waals surface area contributed by atoms with E-state index in [0.29, 0.717) is 11.6 Å². The molecule has 6 heteroatoms. The number of rotatable bonds is 3. The molecule has 0 unspecified atom stereocenters. The van der Waals surface area contributed by atoms with Crippen LogP contribution in [0.5, 0.6) is 0 Å². The number of aromatic nitrogens is 2. The van der Waals surface area contributed by atoms with Crippen molar-refractivity contribution in [3.05, 3.63) is 36.3 Å². The normalized spacial score (nSPS) is 14.9. The zero-order valence-corrected chi connectivity index (χ0v) is 10.6. The number of imidazole rings is 1. The van der Waals surface area contributed by atoms with Crippen molar-refractivity contribution in [3.63, 3.8) is 0 Å². The minimum absolute atomic E-state index is 0. The van der Waals surface area contributed by atoms with Gasteiger partial charge in [0.05, 0.1) is 0 Å². The van der Waals surface area contributed by atoms with Crippen LogP contribution < -0.4 is 10.6 Å². The maximum absolute atomic E-state index is 11.9. The zero-order valence-electron chi connectivity index (χ0n) is 9.80. The monoisotopic (exact) mass is 266 g/mol. The maximum atomic E-state index is 11.9. The second-order valence-electron chi connectivity index (χ2n) is 4.33. The van der Waals surface area contributed by atoms with Gasteiger partial charge in [-0.25, -0.2) is 4.98 Å². The number of carbonyl (C=O) groups excluding carboxylic acids is 1. The van der Waals surface area contributed by atoms with Crippen LogP contribution in [0.2, 0.25) is 0 Å². The SMILES string of the molecule is Cl.O=C(NCC1CNC1)c1cn2ccccc2n1. The van der Waals surface area contributed by atoms with Crippen molar-refractivity contribution >= 4 is 24.0 Å². The molecule has 0 aliphatic carbocycles. The summed E-state index contributed by atoms with van der Waals surface area (Å²) in [5.41, 5.74) is 1.27. The van der Waals surface area contributed by atoms with E-state index < -0.39 is 0 Å². The third-order valence-corrected chi connectivity index (χ3v) is 3.01. The van der Waals surface area contributed by atoms with Crippen molar-refractivity contribution in [1.29, 1.82) is 0 Å². The van der Waals surface area contributed by atoms with Crippen LogP contribution in [0.1, 0.15) is 10.5 Å². The van der Waals surface area contributed by atoms with Gasteiger partial charge in [-0.2, -0.15) is 0 Å². The Bertz CT molecular complexity index is 517. The van der Waals surface area contributed by atoms with Crippen molar-refractivity contribution in [2.24, 2.45) is 5.92 Å². The van der Waals surface area contributed by atoms with Crippen LogP contribution in [0.4, 0.5) is 0 Å². The fraction of sp³-hybridized carbons (Fsp3) is 0.333. The lowest BCUT2D eigenvalue weighted by atomic mass is 10.0. The number of nitrogens with one attached hydrogen (secondary N) is 2. The number of pyridine rings is 1. The lowest BCUT2D eigenvalue weighted by molar-refractivity contribution is 0.0938. The molecule has 3 heterocycles. The fourth-order valence-corrected chi connectivity index (χ4v) is 1.86. The summed E-state index contributed by atoms with van der Waals surface area (Å²) >= 11 is 0. The molecular weight excluding hydrogens is 252 g/mol. The van der Waals surface area contributed by atoms with Gasteiger partial charge in [-0.3, -0.25) is 4.79 Å². The van der Waals surface area contributed by atoms with Crippen LogP contribution in [-0.4, -0.2) is 34.9 Å². The number of amides is 1. The largest absolute Gasteiger partial charge is 0.350 e. The van der Waals surface area contributed by atoms with E-state index in [1.165, 1.54) is 0 Å². The van der Waals surface area contributed by atoms with Crippen molar-refractivity contribution in [3.8, 4) is 0 Å². The second kappa shape index (κ2) is 5.37. The predicted octanol–water partition coefficient (Wildman–Crippen LogP) is 0.705. The summed E-state index contributed by atoms with van der Waals surface area (Å²) in [5.74, 6) is 0.469. The average molecular weight is 267 g/mol. The Morgan fingerprint density at radius 2 is 2.33 bits per heavy atom. The average Bonchev–Trinajstić information content (AvgIpc) is 2.70. The predicted molar refractivity (Wildman–Crippen MR) is 71.1 cm³/mol. The summed E-state index contributed by atoms with van der Waals surface area (Å²) in [4.78, 5) is 16.1. The van der Waals surface area contributed by atoms with E-state index in [4.69, 9.17) is 0 Å². The van der Waals surface area contributed by atoms with Crippen molar-refractivity contribution < 1.29 is 4.79 Å². The van der Waals surface area contributed by atoms with E-state index >= 15 is 0 Å². The highest BCUT2D eigenvalue weighted by Crippen LogP contribution is 2.05. The number of carbonyl (C=O) groups is 1.